The molecule has 0 bridgehead atoms. The minimum atomic E-state index is -0.155. The molecule has 0 unspecified atom stereocenters. The van der Waals surface area contributed by atoms with E-state index in [0.717, 1.165) is 5.02 Å². The lowest BCUT2D eigenvalue weighted by Gasteiger charge is -2.31. The molecule has 0 radical (unpaired) electrons. The summed E-state index contributed by atoms with van der Waals surface area (Å²) in [5.41, 5.74) is 7.51. The zero-order valence-corrected chi connectivity index (χ0v) is 9.43. The molecule has 0 atom stereocenters. The van der Waals surface area contributed by atoms with E-state index in [0.29, 0.717) is 0 Å². The summed E-state index contributed by atoms with van der Waals surface area (Å²) in [5.74, 6) is 0. The molecule has 1 aromatic rings. The van der Waals surface area contributed by atoms with Crippen LogP contribution in [0.1, 0.15) is 32.3 Å². The van der Waals surface area contributed by atoms with Crippen molar-refractivity contribution in [1.29, 1.82) is 0 Å². The number of rotatable bonds is 2. The first-order valence-corrected chi connectivity index (χ1v) is 5.38. The summed E-state index contributed by atoms with van der Waals surface area (Å²) in [6.45, 7) is 4.20. The SMILES string of the molecule is CC(C)(N)C1(c2cccc(Cl)c2)CC1. The van der Waals surface area contributed by atoms with E-state index in [1.807, 2.05) is 18.2 Å². The number of halogens is 1. The fraction of sp³-hybridized carbons (Fsp3) is 0.500. The molecule has 76 valence electrons. The Hall–Kier alpha value is -0.530. The lowest BCUT2D eigenvalue weighted by Crippen LogP contribution is -2.45. The van der Waals surface area contributed by atoms with Crippen LogP contribution in [0.2, 0.25) is 5.02 Å². The summed E-state index contributed by atoms with van der Waals surface area (Å²) in [6, 6.07) is 8.09. The first kappa shape index (κ1) is 10.0. The van der Waals surface area contributed by atoms with Crippen LogP contribution >= 0.6 is 11.6 Å². The van der Waals surface area contributed by atoms with Crippen LogP contribution in [0.25, 0.3) is 0 Å². The topological polar surface area (TPSA) is 26.0 Å². The summed E-state index contributed by atoms with van der Waals surface area (Å²) in [4.78, 5) is 0. The lowest BCUT2D eigenvalue weighted by molar-refractivity contribution is 0.391. The Labute approximate surface area is 90.3 Å². The van der Waals surface area contributed by atoms with Crippen molar-refractivity contribution in [3.8, 4) is 0 Å². The molecule has 1 saturated carbocycles. The Balaban J connectivity index is 2.41. The molecule has 1 aliphatic rings. The normalized spacial score (nSPS) is 19.4. The van der Waals surface area contributed by atoms with Gasteiger partial charge in [0.25, 0.3) is 0 Å². The van der Waals surface area contributed by atoms with Gasteiger partial charge < -0.3 is 5.73 Å². The van der Waals surface area contributed by atoms with Gasteiger partial charge in [-0.3, -0.25) is 0 Å². The van der Waals surface area contributed by atoms with Crippen LogP contribution in [0.5, 0.6) is 0 Å². The molecule has 2 N–H and O–H groups in total. The summed E-state index contributed by atoms with van der Waals surface area (Å²) in [6.07, 6.45) is 2.35. The van der Waals surface area contributed by atoms with Gasteiger partial charge in [0.15, 0.2) is 0 Å². The van der Waals surface area contributed by atoms with Crippen molar-refractivity contribution >= 4 is 11.6 Å². The standard InChI is InChI=1S/C12H16ClN/c1-11(2,14)12(6-7-12)9-4-3-5-10(13)8-9/h3-5,8H,6-7,14H2,1-2H3. The monoisotopic (exact) mass is 209 g/mol. The molecule has 1 aromatic carbocycles. The average molecular weight is 210 g/mol. The molecular formula is C12H16ClN. The van der Waals surface area contributed by atoms with Gasteiger partial charge in [0.1, 0.15) is 0 Å². The van der Waals surface area contributed by atoms with E-state index in [1.165, 1.54) is 18.4 Å². The molecule has 0 saturated heterocycles. The average Bonchev–Trinajstić information content (AvgIpc) is 2.82. The van der Waals surface area contributed by atoms with Gasteiger partial charge in [-0.2, -0.15) is 0 Å². The van der Waals surface area contributed by atoms with E-state index in [1.54, 1.807) is 0 Å². The fourth-order valence-corrected chi connectivity index (χ4v) is 2.41. The third kappa shape index (κ3) is 1.45. The molecule has 1 fully saturated rings. The second kappa shape index (κ2) is 2.98. The van der Waals surface area contributed by atoms with Gasteiger partial charge in [-0.15, -0.1) is 0 Å². The van der Waals surface area contributed by atoms with Gasteiger partial charge in [-0.1, -0.05) is 23.7 Å². The summed E-state index contributed by atoms with van der Waals surface area (Å²) in [7, 11) is 0. The van der Waals surface area contributed by atoms with Gasteiger partial charge >= 0.3 is 0 Å². The van der Waals surface area contributed by atoms with Crippen molar-refractivity contribution in [2.45, 2.75) is 37.6 Å². The summed E-state index contributed by atoms with van der Waals surface area (Å²) < 4.78 is 0. The highest BCUT2D eigenvalue weighted by Crippen LogP contribution is 2.54. The largest absolute Gasteiger partial charge is 0.325 e. The molecule has 0 spiro atoms. The first-order chi connectivity index (χ1) is 6.46. The van der Waals surface area contributed by atoms with Crippen LogP contribution in [0, 0.1) is 0 Å². The van der Waals surface area contributed by atoms with Gasteiger partial charge in [0, 0.05) is 16.0 Å². The zero-order chi connectivity index (χ0) is 10.4. The van der Waals surface area contributed by atoms with Gasteiger partial charge in [-0.25, -0.2) is 0 Å². The van der Waals surface area contributed by atoms with Crippen molar-refractivity contribution in [1.82, 2.24) is 0 Å². The third-order valence-electron chi connectivity index (χ3n) is 3.36. The highest BCUT2D eigenvalue weighted by Gasteiger charge is 2.53. The van der Waals surface area contributed by atoms with Crippen LogP contribution in [-0.2, 0) is 5.41 Å². The van der Waals surface area contributed by atoms with Crippen LogP contribution < -0.4 is 5.73 Å². The van der Waals surface area contributed by atoms with E-state index in [4.69, 9.17) is 17.3 Å². The molecule has 1 nitrogen and oxygen atoms in total. The maximum Gasteiger partial charge on any atom is 0.0408 e. The van der Waals surface area contributed by atoms with Gasteiger partial charge in [0.2, 0.25) is 0 Å². The highest BCUT2D eigenvalue weighted by atomic mass is 35.5. The molecule has 0 aromatic heterocycles. The van der Waals surface area contributed by atoms with Crippen molar-refractivity contribution < 1.29 is 0 Å². The molecule has 2 rings (SSSR count). The zero-order valence-electron chi connectivity index (χ0n) is 8.68. The Kier molecular flexibility index (Phi) is 2.13. The minimum Gasteiger partial charge on any atom is -0.325 e. The van der Waals surface area contributed by atoms with Crippen molar-refractivity contribution in [3.05, 3.63) is 34.9 Å². The summed E-state index contributed by atoms with van der Waals surface area (Å²) in [5, 5.41) is 0.804. The second-order valence-corrected chi connectivity index (χ2v) is 5.25. The smallest absolute Gasteiger partial charge is 0.0408 e. The van der Waals surface area contributed by atoms with E-state index in [9.17, 15) is 0 Å². The molecule has 14 heavy (non-hydrogen) atoms. The van der Waals surface area contributed by atoms with E-state index in [-0.39, 0.29) is 11.0 Å². The van der Waals surface area contributed by atoms with Crippen molar-refractivity contribution in [2.75, 3.05) is 0 Å². The van der Waals surface area contributed by atoms with Crippen LogP contribution in [0.4, 0.5) is 0 Å². The lowest BCUT2D eigenvalue weighted by atomic mass is 9.79. The molecule has 0 amide bonds. The predicted molar refractivity (Wildman–Crippen MR) is 60.6 cm³/mol. The first-order valence-electron chi connectivity index (χ1n) is 5.01. The highest BCUT2D eigenvalue weighted by molar-refractivity contribution is 6.30. The fourth-order valence-electron chi connectivity index (χ4n) is 2.22. The number of nitrogens with two attached hydrogens (primary N) is 1. The predicted octanol–water partition coefficient (Wildman–Crippen LogP) is 3.11. The van der Waals surface area contributed by atoms with Crippen LogP contribution in [0.15, 0.2) is 24.3 Å². The quantitative estimate of drug-likeness (QED) is 0.796. The number of benzene rings is 1. The minimum absolute atomic E-state index is 0.155. The van der Waals surface area contributed by atoms with E-state index in [2.05, 4.69) is 19.9 Å². The van der Waals surface area contributed by atoms with Crippen LogP contribution in [0.3, 0.4) is 0 Å². The van der Waals surface area contributed by atoms with Crippen molar-refractivity contribution in [3.63, 3.8) is 0 Å². The maximum atomic E-state index is 6.21. The Morgan fingerprint density at radius 1 is 1.36 bits per heavy atom. The van der Waals surface area contributed by atoms with Gasteiger partial charge in [-0.05, 0) is 44.4 Å². The second-order valence-electron chi connectivity index (χ2n) is 4.81. The molecule has 0 heterocycles. The molecular weight excluding hydrogens is 194 g/mol. The Bertz CT molecular complexity index is 348. The molecule has 1 aliphatic carbocycles. The maximum absolute atomic E-state index is 6.21. The summed E-state index contributed by atoms with van der Waals surface area (Å²) >= 11 is 5.99. The number of hydrogen-bond acceptors (Lipinski definition) is 1. The van der Waals surface area contributed by atoms with E-state index >= 15 is 0 Å². The molecule has 0 aliphatic heterocycles. The molecule has 2 heteroatoms. The third-order valence-corrected chi connectivity index (χ3v) is 3.60. The van der Waals surface area contributed by atoms with E-state index < -0.39 is 0 Å². The van der Waals surface area contributed by atoms with Crippen molar-refractivity contribution in [2.24, 2.45) is 5.73 Å². The Morgan fingerprint density at radius 3 is 2.43 bits per heavy atom. The van der Waals surface area contributed by atoms with Crippen LogP contribution in [-0.4, -0.2) is 5.54 Å². The van der Waals surface area contributed by atoms with Gasteiger partial charge in [0.05, 0.1) is 0 Å². The Morgan fingerprint density at radius 2 is 2.00 bits per heavy atom. The number of hydrogen-bond donors (Lipinski definition) is 1.